The van der Waals surface area contributed by atoms with E-state index in [1.54, 1.807) is 0 Å². The quantitative estimate of drug-likeness (QED) is 0.906. The van der Waals surface area contributed by atoms with E-state index in [2.05, 4.69) is 52.4 Å². The molecule has 1 N–H and O–H groups in total. The molecule has 1 aliphatic heterocycles. The van der Waals surface area contributed by atoms with E-state index in [-0.39, 0.29) is 6.10 Å². The SMILES string of the molecule is CCC(NCC1COCCO1)c1ccc(Br)cc1. The monoisotopic (exact) mass is 313 g/mol. The Morgan fingerprint density at radius 3 is 2.72 bits per heavy atom. The summed E-state index contributed by atoms with van der Waals surface area (Å²) in [7, 11) is 0. The fraction of sp³-hybridized carbons (Fsp3) is 0.571. The zero-order valence-corrected chi connectivity index (χ0v) is 12.3. The molecule has 0 aromatic heterocycles. The van der Waals surface area contributed by atoms with Crippen LogP contribution >= 0.6 is 15.9 Å². The summed E-state index contributed by atoms with van der Waals surface area (Å²) in [6, 6.07) is 8.86. The molecule has 2 rings (SSSR count). The van der Waals surface area contributed by atoms with Gasteiger partial charge in [-0.3, -0.25) is 0 Å². The molecule has 100 valence electrons. The summed E-state index contributed by atoms with van der Waals surface area (Å²) in [6.07, 6.45) is 1.25. The van der Waals surface area contributed by atoms with E-state index in [1.165, 1.54) is 5.56 Å². The summed E-state index contributed by atoms with van der Waals surface area (Å²) in [5.41, 5.74) is 1.32. The lowest BCUT2D eigenvalue weighted by atomic mass is 10.0. The van der Waals surface area contributed by atoms with Crippen LogP contribution in [0.4, 0.5) is 0 Å². The van der Waals surface area contributed by atoms with E-state index < -0.39 is 0 Å². The topological polar surface area (TPSA) is 30.5 Å². The van der Waals surface area contributed by atoms with Crippen molar-refractivity contribution in [3.63, 3.8) is 0 Å². The first-order valence-electron chi connectivity index (χ1n) is 6.47. The first-order chi connectivity index (χ1) is 8.79. The maximum absolute atomic E-state index is 5.63. The highest BCUT2D eigenvalue weighted by Gasteiger charge is 2.16. The van der Waals surface area contributed by atoms with Crippen LogP contribution in [0.1, 0.15) is 24.9 Å². The predicted molar refractivity (Wildman–Crippen MR) is 75.7 cm³/mol. The molecule has 0 bridgehead atoms. The molecule has 3 nitrogen and oxygen atoms in total. The highest BCUT2D eigenvalue weighted by molar-refractivity contribution is 9.10. The second-order valence-corrected chi connectivity index (χ2v) is 5.40. The molecule has 1 aromatic rings. The molecule has 18 heavy (non-hydrogen) atoms. The van der Waals surface area contributed by atoms with Gasteiger partial charge in [0.15, 0.2) is 0 Å². The minimum absolute atomic E-state index is 0.184. The van der Waals surface area contributed by atoms with Crippen molar-refractivity contribution in [1.29, 1.82) is 0 Å². The van der Waals surface area contributed by atoms with Gasteiger partial charge in [0.1, 0.15) is 0 Å². The minimum atomic E-state index is 0.184. The fourth-order valence-corrected chi connectivity index (χ4v) is 2.39. The van der Waals surface area contributed by atoms with E-state index in [0.717, 1.165) is 24.0 Å². The van der Waals surface area contributed by atoms with Crippen LogP contribution in [0.2, 0.25) is 0 Å². The zero-order chi connectivity index (χ0) is 12.8. The Hall–Kier alpha value is -0.420. The molecule has 4 heteroatoms. The molecule has 1 heterocycles. The molecule has 1 aliphatic rings. The third kappa shape index (κ3) is 4.05. The second-order valence-electron chi connectivity index (χ2n) is 4.49. The van der Waals surface area contributed by atoms with Gasteiger partial charge >= 0.3 is 0 Å². The third-order valence-electron chi connectivity index (χ3n) is 3.16. The average Bonchev–Trinajstić information content (AvgIpc) is 2.42. The molecule has 2 atom stereocenters. The summed E-state index contributed by atoms with van der Waals surface area (Å²) in [4.78, 5) is 0. The molecule has 0 aliphatic carbocycles. The summed E-state index contributed by atoms with van der Waals surface area (Å²) in [6.45, 7) is 5.16. The second kappa shape index (κ2) is 7.24. The van der Waals surface area contributed by atoms with Gasteiger partial charge in [0, 0.05) is 17.1 Å². The van der Waals surface area contributed by atoms with Crippen molar-refractivity contribution in [3.05, 3.63) is 34.3 Å². The average molecular weight is 314 g/mol. The van der Waals surface area contributed by atoms with Crippen molar-refractivity contribution < 1.29 is 9.47 Å². The van der Waals surface area contributed by atoms with Crippen LogP contribution in [0.3, 0.4) is 0 Å². The number of ether oxygens (including phenoxy) is 2. The fourth-order valence-electron chi connectivity index (χ4n) is 2.12. The summed E-state index contributed by atoms with van der Waals surface area (Å²) in [5, 5.41) is 3.55. The third-order valence-corrected chi connectivity index (χ3v) is 3.69. The number of nitrogens with one attached hydrogen (secondary N) is 1. The summed E-state index contributed by atoms with van der Waals surface area (Å²) < 4.78 is 12.1. The van der Waals surface area contributed by atoms with Crippen molar-refractivity contribution in [3.8, 4) is 0 Å². The maximum atomic E-state index is 5.63. The van der Waals surface area contributed by atoms with E-state index in [1.807, 2.05) is 0 Å². The first kappa shape index (κ1) is 14.0. The van der Waals surface area contributed by atoms with E-state index in [4.69, 9.17) is 9.47 Å². The number of benzene rings is 1. The lowest BCUT2D eigenvalue weighted by Gasteiger charge is -2.26. The lowest BCUT2D eigenvalue weighted by Crippen LogP contribution is -2.38. The van der Waals surface area contributed by atoms with Gasteiger partial charge in [0.05, 0.1) is 25.9 Å². The number of halogens is 1. The number of rotatable bonds is 5. The lowest BCUT2D eigenvalue weighted by molar-refractivity contribution is -0.0871. The van der Waals surface area contributed by atoms with E-state index in [9.17, 15) is 0 Å². The molecular weight excluding hydrogens is 294 g/mol. The van der Waals surface area contributed by atoms with E-state index >= 15 is 0 Å². The van der Waals surface area contributed by atoms with Gasteiger partial charge in [-0.05, 0) is 24.1 Å². The molecule has 1 aromatic carbocycles. The molecule has 0 radical (unpaired) electrons. The van der Waals surface area contributed by atoms with Crippen LogP contribution in [0.5, 0.6) is 0 Å². The van der Waals surface area contributed by atoms with Crippen LogP contribution in [0.15, 0.2) is 28.7 Å². The number of hydrogen-bond acceptors (Lipinski definition) is 3. The van der Waals surface area contributed by atoms with Gasteiger partial charge in [0.2, 0.25) is 0 Å². The normalized spacial score (nSPS) is 21.8. The molecule has 0 saturated carbocycles. The Balaban J connectivity index is 1.86. The highest BCUT2D eigenvalue weighted by Crippen LogP contribution is 2.19. The Bertz CT molecular complexity index is 349. The summed E-state index contributed by atoms with van der Waals surface area (Å²) in [5.74, 6) is 0. The largest absolute Gasteiger partial charge is 0.376 e. The minimum Gasteiger partial charge on any atom is -0.376 e. The van der Waals surface area contributed by atoms with Gasteiger partial charge in [-0.1, -0.05) is 35.0 Å². The molecule has 2 unspecified atom stereocenters. The molecule has 0 spiro atoms. The van der Waals surface area contributed by atoms with Gasteiger partial charge in [-0.25, -0.2) is 0 Å². The van der Waals surface area contributed by atoms with Crippen LogP contribution in [-0.4, -0.2) is 32.5 Å². The predicted octanol–water partition coefficient (Wildman–Crippen LogP) is 2.91. The maximum Gasteiger partial charge on any atom is 0.0933 e. The van der Waals surface area contributed by atoms with Crippen molar-refractivity contribution in [2.75, 3.05) is 26.4 Å². The molecular formula is C14H20BrNO2. The highest BCUT2D eigenvalue weighted by atomic mass is 79.9. The standard InChI is InChI=1S/C14H20BrNO2/c1-2-14(11-3-5-12(15)6-4-11)16-9-13-10-17-7-8-18-13/h3-6,13-14,16H,2,7-10H2,1H3. The van der Waals surface area contributed by atoms with Gasteiger partial charge in [0.25, 0.3) is 0 Å². The van der Waals surface area contributed by atoms with Crippen LogP contribution in [0.25, 0.3) is 0 Å². The number of hydrogen-bond donors (Lipinski definition) is 1. The Kier molecular flexibility index (Phi) is 5.63. The smallest absolute Gasteiger partial charge is 0.0933 e. The van der Waals surface area contributed by atoms with Crippen molar-refractivity contribution in [2.45, 2.75) is 25.5 Å². The van der Waals surface area contributed by atoms with E-state index in [0.29, 0.717) is 19.3 Å². The van der Waals surface area contributed by atoms with Crippen LogP contribution in [-0.2, 0) is 9.47 Å². The molecule has 1 fully saturated rings. The van der Waals surface area contributed by atoms with Gasteiger partial charge < -0.3 is 14.8 Å². The van der Waals surface area contributed by atoms with Crippen molar-refractivity contribution >= 4 is 15.9 Å². The first-order valence-corrected chi connectivity index (χ1v) is 7.27. The zero-order valence-electron chi connectivity index (χ0n) is 10.7. The van der Waals surface area contributed by atoms with Crippen molar-refractivity contribution in [1.82, 2.24) is 5.32 Å². The Morgan fingerprint density at radius 1 is 1.33 bits per heavy atom. The van der Waals surface area contributed by atoms with Gasteiger partial charge in [-0.15, -0.1) is 0 Å². The van der Waals surface area contributed by atoms with Crippen LogP contribution < -0.4 is 5.32 Å². The van der Waals surface area contributed by atoms with Gasteiger partial charge in [-0.2, -0.15) is 0 Å². The Morgan fingerprint density at radius 2 is 2.11 bits per heavy atom. The summed E-state index contributed by atoms with van der Waals surface area (Å²) >= 11 is 3.46. The molecule has 0 amide bonds. The Labute approximate surface area is 117 Å². The molecule has 1 saturated heterocycles. The van der Waals surface area contributed by atoms with Crippen molar-refractivity contribution in [2.24, 2.45) is 0 Å². The van der Waals surface area contributed by atoms with Crippen LogP contribution in [0, 0.1) is 0 Å².